The van der Waals surface area contributed by atoms with E-state index in [0.717, 1.165) is 0 Å². The van der Waals surface area contributed by atoms with Gasteiger partial charge in [-0.1, -0.05) is 26.0 Å². The van der Waals surface area contributed by atoms with Crippen molar-refractivity contribution in [3.05, 3.63) is 101 Å². The Morgan fingerprint density at radius 2 is 1.69 bits per heavy atom. The van der Waals surface area contributed by atoms with Crippen LogP contribution in [0.15, 0.2) is 84.2 Å². The van der Waals surface area contributed by atoms with E-state index < -0.39 is 17.2 Å². The van der Waals surface area contributed by atoms with E-state index in [-0.39, 0.29) is 17.3 Å². The van der Waals surface area contributed by atoms with Crippen molar-refractivity contribution in [3.63, 3.8) is 0 Å². The van der Waals surface area contributed by atoms with Crippen molar-refractivity contribution in [1.29, 1.82) is 0 Å². The van der Waals surface area contributed by atoms with Crippen LogP contribution in [0.4, 0.5) is 10.2 Å². The third kappa shape index (κ3) is 6.07. The van der Waals surface area contributed by atoms with Crippen molar-refractivity contribution in [3.8, 4) is 34.1 Å². The van der Waals surface area contributed by atoms with Gasteiger partial charge in [-0.05, 0) is 47.9 Å². The minimum atomic E-state index is -0.608. The number of fused-ring (bicyclic) bond motifs is 1. The zero-order valence-electron chi connectivity index (χ0n) is 23.6. The topological polar surface area (TPSA) is 105 Å². The van der Waals surface area contributed by atoms with Crippen LogP contribution in [0.5, 0.6) is 23.0 Å². The van der Waals surface area contributed by atoms with Gasteiger partial charge in [-0.15, -0.1) is 0 Å². The van der Waals surface area contributed by atoms with E-state index in [2.05, 4.69) is 15.3 Å². The second-order valence-electron chi connectivity index (χ2n) is 9.98. The highest BCUT2D eigenvalue weighted by Gasteiger charge is 2.18. The van der Waals surface area contributed by atoms with Crippen LogP contribution >= 0.6 is 0 Å². The lowest BCUT2D eigenvalue weighted by Gasteiger charge is -2.14. The number of rotatable bonds is 9. The Labute approximate surface area is 241 Å². The first-order valence-electron chi connectivity index (χ1n) is 13.2. The second-order valence-corrected chi connectivity index (χ2v) is 9.98. The summed E-state index contributed by atoms with van der Waals surface area (Å²) in [5, 5.41) is 3.41. The fraction of sp³-hybridized carbons (Fsp3) is 0.188. The molecule has 1 amide bonds. The van der Waals surface area contributed by atoms with Gasteiger partial charge < -0.3 is 24.1 Å². The van der Waals surface area contributed by atoms with Crippen molar-refractivity contribution < 1.29 is 23.4 Å². The number of methoxy groups -OCH3 is 2. The monoisotopic (exact) mass is 568 g/mol. The molecule has 0 radical (unpaired) electrons. The summed E-state index contributed by atoms with van der Waals surface area (Å²) in [6, 6.07) is 14.1. The molecule has 5 aromatic rings. The van der Waals surface area contributed by atoms with E-state index in [1.807, 2.05) is 13.8 Å². The maximum absolute atomic E-state index is 13.5. The Kier molecular flexibility index (Phi) is 8.14. The summed E-state index contributed by atoms with van der Waals surface area (Å²) in [5.41, 5.74) is 0.975. The molecule has 0 saturated carbocycles. The molecule has 0 aliphatic carbocycles. The van der Waals surface area contributed by atoms with Crippen LogP contribution in [0.1, 0.15) is 24.2 Å². The van der Waals surface area contributed by atoms with E-state index >= 15 is 0 Å². The molecular weight excluding hydrogens is 539 g/mol. The lowest BCUT2D eigenvalue weighted by Crippen LogP contribution is -2.25. The van der Waals surface area contributed by atoms with Crippen LogP contribution in [0.3, 0.4) is 0 Å². The number of carbonyl (C=O) groups is 1. The molecule has 0 aliphatic rings. The summed E-state index contributed by atoms with van der Waals surface area (Å²) in [5.74, 6) is 1.52. The van der Waals surface area contributed by atoms with Gasteiger partial charge in [-0.3, -0.25) is 14.6 Å². The fourth-order valence-electron chi connectivity index (χ4n) is 4.52. The highest BCUT2D eigenvalue weighted by atomic mass is 19.1. The highest BCUT2D eigenvalue weighted by molar-refractivity contribution is 6.04. The maximum atomic E-state index is 13.5. The minimum Gasteiger partial charge on any atom is -0.493 e. The van der Waals surface area contributed by atoms with Crippen molar-refractivity contribution >= 4 is 22.6 Å². The van der Waals surface area contributed by atoms with Crippen molar-refractivity contribution in [1.82, 2.24) is 14.5 Å². The van der Waals surface area contributed by atoms with Gasteiger partial charge in [0.2, 0.25) is 5.43 Å². The molecule has 0 fully saturated rings. The predicted molar refractivity (Wildman–Crippen MR) is 158 cm³/mol. The molecule has 9 nitrogen and oxygen atoms in total. The van der Waals surface area contributed by atoms with E-state index in [9.17, 15) is 14.0 Å². The van der Waals surface area contributed by atoms with E-state index in [1.165, 1.54) is 36.7 Å². The second kappa shape index (κ2) is 12.1. The van der Waals surface area contributed by atoms with E-state index in [1.54, 1.807) is 61.5 Å². The van der Waals surface area contributed by atoms with Crippen LogP contribution in [0, 0.1) is 11.7 Å². The van der Waals surface area contributed by atoms with Crippen molar-refractivity contribution in [2.45, 2.75) is 20.4 Å². The number of halogens is 1. The minimum absolute atomic E-state index is 0.0489. The molecular formula is C32H29FN4O5. The molecule has 0 saturated heterocycles. The van der Waals surface area contributed by atoms with Gasteiger partial charge >= 0.3 is 0 Å². The number of ether oxygens (including phenoxy) is 3. The summed E-state index contributed by atoms with van der Waals surface area (Å²) in [4.78, 5) is 35.3. The Morgan fingerprint density at radius 3 is 2.36 bits per heavy atom. The third-order valence-corrected chi connectivity index (χ3v) is 6.47. The molecule has 42 heavy (non-hydrogen) atoms. The van der Waals surface area contributed by atoms with Gasteiger partial charge in [-0.25, -0.2) is 9.37 Å². The molecule has 3 heterocycles. The lowest BCUT2D eigenvalue weighted by atomic mass is 10.0. The summed E-state index contributed by atoms with van der Waals surface area (Å²) >= 11 is 0. The Morgan fingerprint density at radius 1 is 0.952 bits per heavy atom. The zero-order valence-corrected chi connectivity index (χ0v) is 23.6. The molecule has 10 heteroatoms. The van der Waals surface area contributed by atoms with Gasteiger partial charge in [-0.2, -0.15) is 0 Å². The van der Waals surface area contributed by atoms with E-state index in [0.29, 0.717) is 51.6 Å². The smallest absolute Gasteiger partial charge is 0.262 e. The fourth-order valence-corrected chi connectivity index (χ4v) is 4.52. The standard InChI is InChI=1S/C32H29FN4O5/c1-19(2)16-37-17-24(20-5-7-21(33)8-6-20)31(38)25(18-37)32(39)36-30-10-9-22(15-35-30)42-27-11-12-34-26-14-29(41-4)28(40-3)13-23(26)27/h5-15,17-19H,16H2,1-4H3,(H,35,36,39). The third-order valence-electron chi connectivity index (χ3n) is 6.47. The van der Waals surface area contributed by atoms with Crippen LogP contribution in [-0.4, -0.2) is 34.7 Å². The van der Waals surface area contributed by atoms with Crippen LogP contribution in [-0.2, 0) is 6.54 Å². The number of benzene rings is 2. The normalized spacial score (nSPS) is 11.0. The summed E-state index contributed by atoms with van der Waals surface area (Å²) in [6.07, 6.45) is 6.30. The zero-order chi connectivity index (χ0) is 29.8. The van der Waals surface area contributed by atoms with Crippen LogP contribution in [0.2, 0.25) is 0 Å². The van der Waals surface area contributed by atoms with Gasteiger partial charge in [0.15, 0.2) is 11.5 Å². The SMILES string of the molecule is COc1cc2nccc(Oc3ccc(NC(=O)c4cn(CC(C)C)cc(-c5ccc(F)cc5)c4=O)nc3)c2cc1OC. The molecule has 1 N–H and O–H groups in total. The number of pyridine rings is 3. The molecule has 0 aliphatic heterocycles. The van der Waals surface area contributed by atoms with Gasteiger partial charge in [0.05, 0.1) is 25.9 Å². The number of nitrogens with zero attached hydrogens (tertiary/aromatic N) is 3. The summed E-state index contributed by atoms with van der Waals surface area (Å²) < 4.78 is 32.1. The van der Waals surface area contributed by atoms with Gasteiger partial charge in [0, 0.05) is 42.2 Å². The number of amides is 1. The van der Waals surface area contributed by atoms with Crippen molar-refractivity contribution in [2.24, 2.45) is 5.92 Å². The number of anilines is 1. The maximum Gasteiger partial charge on any atom is 0.262 e. The Hall–Kier alpha value is -5.25. The number of nitrogens with one attached hydrogen (secondary N) is 1. The predicted octanol–water partition coefficient (Wildman–Crippen LogP) is 6.32. The summed E-state index contributed by atoms with van der Waals surface area (Å²) in [6.45, 7) is 4.65. The summed E-state index contributed by atoms with van der Waals surface area (Å²) in [7, 11) is 3.11. The largest absolute Gasteiger partial charge is 0.493 e. The Bertz CT molecular complexity index is 1800. The first-order valence-corrected chi connectivity index (χ1v) is 13.2. The van der Waals surface area contributed by atoms with Crippen molar-refractivity contribution in [2.75, 3.05) is 19.5 Å². The van der Waals surface area contributed by atoms with Crippen LogP contribution < -0.4 is 25.0 Å². The van der Waals surface area contributed by atoms with E-state index in [4.69, 9.17) is 14.2 Å². The van der Waals surface area contributed by atoms with Gasteiger partial charge in [0.25, 0.3) is 5.91 Å². The molecule has 0 unspecified atom stereocenters. The number of carbonyl (C=O) groups excluding carboxylic acids is 1. The molecule has 3 aromatic heterocycles. The van der Waals surface area contributed by atoms with Gasteiger partial charge in [0.1, 0.15) is 28.7 Å². The number of aromatic nitrogens is 3. The molecule has 0 spiro atoms. The highest BCUT2D eigenvalue weighted by Crippen LogP contribution is 2.36. The first-order chi connectivity index (χ1) is 20.2. The van der Waals surface area contributed by atoms with Crippen LogP contribution in [0.25, 0.3) is 22.0 Å². The quantitative estimate of drug-likeness (QED) is 0.222. The molecule has 0 atom stereocenters. The molecule has 214 valence electrons. The average molecular weight is 569 g/mol. The molecule has 2 aromatic carbocycles. The Balaban J connectivity index is 1.39. The lowest BCUT2D eigenvalue weighted by molar-refractivity contribution is 0.102. The molecule has 5 rings (SSSR count). The molecule has 0 bridgehead atoms. The number of hydrogen-bond acceptors (Lipinski definition) is 7. The first kappa shape index (κ1) is 28.3. The average Bonchev–Trinajstić information content (AvgIpc) is 2.98. The number of hydrogen-bond donors (Lipinski definition) is 1.